The summed E-state index contributed by atoms with van der Waals surface area (Å²) in [7, 11) is 2.28. The maximum Gasteiger partial charge on any atom is 0.246 e. The minimum absolute atomic E-state index is 0.0875. The molecule has 0 radical (unpaired) electrons. The van der Waals surface area contributed by atoms with Crippen LogP contribution in [0.5, 0.6) is 11.5 Å². The molecule has 1 atom stereocenters. The minimum Gasteiger partial charge on any atom is -0.495 e. The number of hydrogen-bond acceptors (Lipinski definition) is 6. The van der Waals surface area contributed by atoms with Crippen molar-refractivity contribution < 1.29 is 22.7 Å². The summed E-state index contributed by atoms with van der Waals surface area (Å²) in [5.41, 5.74) is 0.885. The van der Waals surface area contributed by atoms with Crippen molar-refractivity contribution in [1.82, 2.24) is 4.31 Å². The van der Waals surface area contributed by atoms with E-state index >= 15 is 0 Å². The fourth-order valence-corrected chi connectivity index (χ4v) is 3.66. The molecule has 1 unspecified atom stereocenters. The fraction of sp³-hybridized carbons (Fsp3) is 0.316. The number of carbonyl (C=O) groups excluding carboxylic acids is 1. The Morgan fingerprint density at radius 1 is 1.10 bits per heavy atom. The van der Waals surface area contributed by atoms with Crippen LogP contribution < -0.4 is 20.1 Å². The number of hydrogen-bond donors (Lipinski definition) is 2. The fourth-order valence-electron chi connectivity index (χ4n) is 2.47. The molecule has 0 aliphatic carbocycles. The van der Waals surface area contributed by atoms with Gasteiger partial charge < -0.3 is 20.1 Å². The Morgan fingerprint density at radius 2 is 1.76 bits per heavy atom. The SMILES string of the molecule is COc1cc(OC)c(NC(C)C(=O)Nc2cccc(S(=O)(=O)N(C)C)c2)cc1Cl. The lowest BCUT2D eigenvalue weighted by Gasteiger charge is -2.19. The van der Waals surface area contributed by atoms with Gasteiger partial charge in [0.25, 0.3) is 0 Å². The van der Waals surface area contributed by atoms with Gasteiger partial charge in [-0.15, -0.1) is 0 Å². The van der Waals surface area contributed by atoms with Crippen molar-refractivity contribution in [3.05, 3.63) is 41.4 Å². The Balaban J connectivity index is 2.18. The normalized spacial score (nSPS) is 12.4. The second kappa shape index (κ2) is 9.34. The molecule has 0 heterocycles. The molecule has 0 saturated heterocycles. The van der Waals surface area contributed by atoms with Gasteiger partial charge in [-0.05, 0) is 31.2 Å². The van der Waals surface area contributed by atoms with E-state index in [0.29, 0.717) is 27.9 Å². The number of halogens is 1. The van der Waals surface area contributed by atoms with E-state index in [9.17, 15) is 13.2 Å². The molecule has 1 amide bonds. The highest BCUT2D eigenvalue weighted by molar-refractivity contribution is 7.89. The number of ether oxygens (including phenoxy) is 2. The molecule has 0 fully saturated rings. The maximum atomic E-state index is 12.6. The van der Waals surface area contributed by atoms with Crippen LogP contribution in [0.15, 0.2) is 41.3 Å². The number of sulfonamides is 1. The van der Waals surface area contributed by atoms with Crippen LogP contribution in [-0.2, 0) is 14.8 Å². The van der Waals surface area contributed by atoms with E-state index in [1.54, 1.807) is 31.2 Å². The van der Waals surface area contributed by atoms with Crippen LogP contribution in [0.25, 0.3) is 0 Å². The number of rotatable bonds is 8. The van der Waals surface area contributed by atoms with Crippen LogP contribution in [0.1, 0.15) is 6.92 Å². The molecule has 0 spiro atoms. The molecule has 0 aromatic heterocycles. The number of methoxy groups -OCH3 is 2. The standard InChI is InChI=1S/C19H24ClN3O5S/c1-12(21-16-10-15(20)17(27-4)11-18(16)28-5)19(24)22-13-7-6-8-14(9-13)29(25,26)23(2)3/h6-12,21H,1-5H3,(H,22,24). The molecular formula is C19H24ClN3O5S. The predicted molar refractivity (Wildman–Crippen MR) is 114 cm³/mol. The van der Waals surface area contributed by atoms with Crippen LogP contribution >= 0.6 is 11.6 Å². The third-order valence-corrected chi connectivity index (χ3v) is 6.23. The maximum absolute atomic E-state index is 12.6. The minimum atomic E-state index is -3.60. The van der Waals surface area contributed by atoms with Gasteiger partial charge in [-0.1, -0.05) is 17.7 Å². The Kier molecular flexibility index (Phi) is 7.34. The average molecular weight is 442 g/mol. The molecule has 2 rings (SSSR count). The first-order chi connectivity index (χ1) is 13.6. The topological polar surface area (TPSA) is 97.0 Å². The average Bonchev–Trinajstić information content (AvgIpc) is 2.68. The Morgan fingerprint density at radius 3 is 2.34 bits per heavy atom. The van der Waals surface area contributed by atoms with Gasteiger partial charge in [0.2, 0.25) is 15.9 Å². The lowest BCUT2D eigenvalue weighted by Crippen LogP contribution is -2.32. The second-order valence-electron chi connectivity index (χ2n) is 6.36. The van der Waals surface area contributed by atoms with Crippen LogP contribution in [0, 0.1) is 0 Å². The number of amides is 1. The van der Waals surface area contributed by atoms with E-state index < -0.39 is 16.1 Å². The van der Waals surface area contributed by atoms with Gasteiger partial charge in [-0.3, -0.25) is 4.79 Å². The molecular weight excluding hydrogens is 418 g/mol. The van der Waals surface area contributed by atoms with Gasteiger partial charge in [0.05, 0.1) is 29.8 Å². The number of nitrogens with one attached hydrogen (secondary N) is 2. The molecule has 0 aliphatic rings. The molecule has 29 heavy (non-hydrogen) atoms. The summed E-state index contributed by atoms with van der Waals surface area (Å²) in [6.45, 7) is 1.66. The Bertz CT molecular complexity index is 995. The van der Waals surface area contributed by atoms with Gasteiger partial charge in [-0.2, -0.15) is 0 Å². The summed E-state index contributed by atoms with van der Waals surface area (Å²) in [5, 5.41) is 6.10. The first kappa shape index (κ1) is 22.8. The van der Waals surface area contributed by atoms with Crippen molar-refractivity contribution in [1.29, 1.82) is 0 Å². The largest absolute Gasteiger partial charge is 0.495 e. The van der Waals surface area contributed by atoms with E-state index in [0.717, 1.165) is 4.31 Å². The lowest BCUT2D eigenvalue weighted by molar-refractivity contribution is -0.116. The molecule has 0 bridgehead atoms. The molecule has 10 heteroatoms. The van der Waals surface area contributed by atoms with E-state index in [-0.39, 0.29) is 10.8 Å². The Labute approximate surface area is 175 Å². The zero-order chi connectivity index (χ0) is 21.8. The molecule has 0 aliphatic heterocycles. The van der Waals surface area contributed by atoms with Crippen molar-refractivity contribution >= 4 is 38.9 Å². The molecule has 2 N–H and O–H groups in total. The lowest BCUT2D eigenvalue weighted by atomic mass is 10.2. The molecule has 2 aromatic carbocycles. The highest BCUT2D eigenvalue weighted by Gasteiger charge is 2.20. The zero-order valence-corrected chi connectivity index (χ0v) is 18.4. The third-order valence-electron chi connectivity index (χ3n) is 4.12. The van der Waals surface area contributed by atoms with Crippen molar-refractivity contribution in [3.63, 3.8) is 0 Å². The first-order valence-corrected chi connectivity index (χ1v) is 10.4. The monoisotopic (exact) mass is 441 g/mol. The van der Waals surface area contributed by atoms with Crippen molar-refractivity contribution in [3.8, 4) is 11.5 Å². The highest BCUT2D eigenvalue weighted by Crippen LogP contribution is 2.36. The van der Waals surface area contributed by atoms with E-state index in [2.05, 4.69) is 10.6 Å². The summed E-state index contributed by atoms with van der Waals surface area (Å²) < 4.78 is 36.1. The van der Waals surface area contributed by atoms with Gasteiger partial charge in [0.1, 0.15) is 17.5 Å². The summed E-state index contributed by atoms with van der Waals surface area (Å²) in [6.07, 6.45) is 0. The second-order valence-corrected chi connectivity index (χ2v) is 8.92. The number of anilines is 2. The van der Waals surface area contributed by atoms with Gasteiger partial charge >= 0.3 is 0 Å². The van der Waals surface area contributed by atoms with Crippen LogP contribution in [0.2, 0.25) is 5.02 Å². The highest BCUT2D eigenvalue weighted by atomic mass is 35.5. The predicted octanol–water partition coefficient (Wildman–Crippen LogP) is 3.05. The van der Waals surface area contributed by atoms with E-state index in [4.69, 9.17) is 21.1 Å². The molecule has 158 valence electrons. The van der Waals surface area contributed by atoms with Crippen LogP contribution in [-0.4, -0.2) is 53.0 Å². The molecule has 8 nitrogen and oxygen atoms in total. The van der Waals surface area contributed by atoms with Gasteiger partial charge in [0, 0.05) is 25.8 Å². The van der Waals surface area contributed by atoms with E-state index in [1.165, 1.54) is 40.4 Å². The smallest absolute Gasteiger partial charge is 0.246 e. The van der Waals surface area contributed by atoms with Crippen molar-refractivity contribution in [2.45, 2.75) is 17.9 Å². The van der Waals surface area contributed by atoms with Crippen LogP contribution in [0.3, 0.4) is 0 Å². The summed E-state index contributed by atoms with van der Waals surface area (Å²) in [6, 6.07) is 8.61. The van der Waals surface area contributed by atoms with Crippen LogP contribution in [0.4, 0.5) is 11.4 Å². The Hall–Kier alpha value is -2.49. The number of benzene rings is 2. The van der Waals surface area contributed by atoms with Gasteiger partial charge in [0.15, 0.2) is 0 Å². The van der Waals surface area contributed by atoms with Gasteiger partial charge in [-0.25, -0.2) is 12.7 Å². The quantitative estimate of drug-likeness (QED) is 0.653. The molecule has 0 saturated carbocycles. The number of carbonyl (C=O) groups is 1. The summed E-state index contributed by atoms with van der Waals surface area (Å²) in [4.78, 5) is 12.7. The molecule has 2 aromatic rings. The van der Waals surface area contributed by atoms with Crippen molar-refractivity contribution in [2.75, 3.05) is 38.9 Å². The van der Waals surface area contributed by atoms with E-state index in [1.807, 2.05) is 0 Å². The van der Waals surface area contributed by atoms with Crippen molar-refractivity contribution in [2.24, 2.45) is 0 Å². The third kappa shape index (κ3) is 5.31. The number of nitrogens with zero attached hydrogens (tertiary/aromatic N) is 1. The summed E-state index contributed by atoms with van der Waals surface area (Å²) in [5.74, 6) is 0.549. The summed E-state index contributed by atoms with van der Waals surface area (Å²) >= 11 is 6.15. The first-order valence-electron chi connectivity index (χ1n) is 8.61. The zero-order valence-electron chi connectivity index (χ0n) is 16.8.